The van der Waals surface area contributed by atoms with E-state index in [-0.39, 0.29) is 17.9 Å². The van der Waals surface area contributed by atoms with E-state index in [1.54, 1.807) is 16.8 Å². The maximum atomic E-state index is 12.4. The molecule has 3 aromatic rings. The fourth-order valence-electron chi connectivity index (χ4n) is 3.64. The first kappa shape index (κ1) is 18.4. The molecule has 2 aromatic carbocycles. The zero-order chi connectivity index (χ0) is 19.3. The van der Waals surface area contributed by atoms with Crippen molar-refractivity contribution in [1.29, 1.82) is 0 Å². The van der Waals surface area contributed by atoms with Crippen LogP contribution in [0.5, 0.6) is 0 Å². The SMILES string of the molecule is O=C(Cn1ncc(=O)c2ccccc21)NCc1ccc(CN2CCCC2)cc1. The number of hydrogen-bond donors (Lipinski definition) is 1. The molecular formula is C22H24N4O2. The molecule has 1 aliphatic heterocycles. The van der Waals surface area contributed by atoms with Gasteiger partial charge in [0.2, 0.25) is 11.3 Å². The van der Waals surface area contributed by atoms with Gasteiger partial charge in [-0.2, -0.15) is 5.10 Å². The minimum absolute atomic E-state index is 0.0772. The summed E-state index contributed by atoms with van der Waals surface area (Å²) in [5, 5.41) is 7.60. The largest absolute Gasteiger partial charge is 0.350 e. The highest BCUT2D eigenvalue weighted by molar-refractivity contribution is 5.81. The molecule has 0 saturated carbocycles. The maximum absolute atomic E-state index is 12.4. The number of likely N-dealkylation sites (tertiary alicyclic amines) is 1. The van der Waals surface area contributed by atoms with Crippen LogP contribution in [0.4, 0.5) is 0 Å². The zero-order valence-electron chi connectivity index (χ0n) is 15.8. The average Bonchev–Trinajstić information content (AvgIpc) is 3.23. The smallest absolute Gasteiger partial charge is 0.242 e. The number of nitrogens with zero attached hydrogens (tertiary/aromatic N) is 3. The number of carbonyl (C=O) groups excluding carboxylic acids is 1. The molecule has 1 saturated heterocycles. The summed E-state index contributed by atoms with van der Waals surface area (Å²) in [5.41, 5.74) is 2.90. The van der Waals surface area contributed by atoms with Crippen molar-refractivity contribution in [3.05, 3.63) is 76.1 Å². The number of para-hydroxylation sites is 1. The summed E-state index contributed by atoms with van der Waals surface area (Å²) in [6.07, 6.45) is 3.85. The van der Waals surface area contributed by atoms with Crippen molar-refractivity contribution < 1.29 is 4.79 Å². The van der Waals surface area contributed by atoms with Crippen LogP contribution in [0.15, 0.2) is 59.5 Å². The molecule has 28 heavy (non-hydrogen) atoms. The number of hydrogen-bond acceptors (Lipinski definition) is 4. The Morgan fingerprint density at radius 1 is 1.00 bits per heavy atom. The number of aromatic nitrogens is 2. The van der Waals surface area contributed by atoms with Crippen molar-refractivity contribution in [3.8, 4) is 0 Å². The first-order valence-electron chi connectivity index (χ1n) is 9.71. The number of benzene rings is 2. The number of nitrogens with one attached hydrogen (secondary N) is 1. The van der Waals surface area contributed by atoms with Gasteiger partial charge in [-0.25, -0.2) is 0 Å². The van der Waals surface area contributed by atoms with E-state index in [1.165, 1.54) is 37.7 Å². The molecule has 0 bridgehead atoms. The van der Waals surface area contributed by atoms with Gasteiger partial charge in [-0.1, -0.05) is 36.4 Å². The lowest BCUT2D eigenvalue weighted by atomic mass is 10.1. The van der Waals surface area contributed by atoms with Crippen LogP contribution in [0.2, 0.25) is 0 Å². The Balaban J connectivity index is 1.34. The zero-order valence-corrected chi connectivity index (χ0v) is 15.8. The van der Waals surface area contributed by atoms with Crippen LogP contribution in [0.3, 0.4) is 0 Å². The standard InChI is InChI=1S/C22H24N4O2/c27-21-14-24-26(20-6-2-1-5-19(20)21)16-22(28)23-13-17-7-9-18(10-8-17)15-25-11-3-4-12-25/h1-2,5-10,14H,3-4,11-13,15-16H2,(H,23,28). The van der Waals surface area contributed by atoms with Gasteiger partial charge in [-0.15, -0.1) is 0 Å². The molecule has 0 aliphatic carbocycles. The summed E-state index contributed by atoms with van der Waals surface area (Å²) in [6.45, 7) is 3.92. The highest BCUT2D eigenvalue weighted by atomic mass is 16.2. The number of amides is 1. The fraction of sp³-hybridized carbons (Fsp3) is 0.318. The molecule has 1 aliphatic rings. The Kier molecular flexibility index (Phi) is 5.48. The predicted octanol–water partition coefficient (Wildman–Crippen LogP) is 2.31. The van der Waals surface area contributed by atoms with Crippen LogP contribution >= 0.6 is 0 Å². The summed E-state index contributed by atoms with van der Waals surface area (Å²) in [6, 6.07) is 15.6. The Labute approximate surface area is 163 Å². The highest BCUT2D eigenvalue weighted by Crippen LogP contribution is 2.13. The van der Waals surface area contributed by atoms with Gasteiger partial charge in [0, 0.05) is 18.5 Å². The molecular weight excluding hydrogens is 352 g/mol. The molecule has 0 atom stereocenters. The number of fused-ring (bicyclic) bond motifs is 1. The van der Waals surface area contributed by atoms with E-state index in [0.29, 0.717) is 17.4 Å². The molecule has 144 valence electrons. The van der Waals surface area contributed by atoms with Crippen LogP contribution in [0.1, 0.15) is 24.0 Å². The van der Waals surface area contributed by atoms with E-state index in [0.717, 1.165) is 12.1 Å². The minimum Gasteiger partial charge on any atom is -0.350 e. The summed E-state index contributed by atoms with van der Waals surface area (Å²) < 4.78 is 1.56. The maximum Gasteiger partial charge on any atom is 0.242 e. The van der Waals surface area contributed by atoms with Crippen molar-refractivity contribution in [3.63, 3.8) is 0 Å². The van der Waals surface area contributed by atoms with E-state index in [9.17, 15) is 9.59 Å². The van der Waals surface area contributed by atoms with Gasteiger partial charge in [-0.05, 0) is 49.2 Å². The van der Waals surface area contributed by atoms with E-state index < -0.39 is 0 Å². The van der Waals surface area contributed by atoms with Crippen molar-refractivity contribution in [1.82, 2.24) is 20.0 Å². The molecule has 4 rings (SSSR count). The Morgan fingerprint density at radius 3 is 2.50 bits per heavy atom. The predicted molar refractivity (Wildman–Crippen MR) is 109 cm³/mol. The molecule has 2 heterocycles. The Hall–Kier alpha value is -2.99. The summed E-state index contributed by atoms with van der Waals surface area (Å²) in [7, 11) is 0. The molecule has 1 N–H and O–H groups in total. The quantitative estimate of drug-likeness (QED) is 0.717. The first-order valence-corrected chi connectivity index (χ1v) is 9.71. The average molecular weight is 376 g/mol. The lowest BCUT2D eigenvalue weighted by Gasteiger charge is -2.15. The molecule has 0 unspecified atom stereocenters. The molecule has 1 fully saturated rings. The van der Waals surface area contributed by atoms with Gasteiger partial charge >= 0.3 is 0 Å². The molecule has 0 radical (unpaired) electrons. The molecule has 1 amide bonds. The second kappa shape index (κ2) is 8.35. The van der Waals surface area contributed by atoms with Crippen LogP contribution in [-0.2, 0) is 24.4 Å². The normalized spacial score (nSPS) is 14.4. The lowest BCUT2D eigenvalue weighted by molar-refractivity contribution is -0.121. The van der Waals surface area contributed by atoms with E-state index in [1.807, 2.05) is 12.1 Å². The fourth-order valence-corrected chi connectivity index (χ4v) is 3.64. The van der Waals surface area contributed by atoms with Crippen molar-refractivity contribution >= 4 is 16.8 Å². The third-order valence-electron chi connectivity index (χ3n) is 5.17. The van der Waals surface area contributed by atoms with E-state index in [2.05, 4.69) is 39.6 Å². The van der Waals surface area contributed by atoms with Crippen molar-refractivity contribution in [2.24, 2.45) is 0 Å². The van der Waals surface area contributed by atoms with Gasteiger partial charge in [-0.3, -0.25) is 19.2 Å². The molecule has 1 aromatic heterocycles. The van der Waals surface area contributed by atoms with E-state index >= 15 is 0 Å². The second-order valence-corrected chi connectivity index (χ2v) is 7.26. The van der Waals surface area contributed by atoms with Crippen LogP contribution in [0, 0.1) is 0 Å². The minimum atomic E-state index is -0.138. The summed E-state index contributed by atoms with van der Waals surface area (Å²) in [4.78, 5) is 26.7. The van der Waals surface area contributed by atoms with Gasteiger partial charge < -0.3 is 5.32 Å². The van der Waals surface area contributed by atoms with Crippen molar-refractivity contribution in [2.45, 2.75) is 32.5 Å². The topological polar surface area (TPSA) is 67.2 Å². The first-order chi connectivity index (χ1) is 13.7. The van der Waals surface area contributed by atoms with Crippen LogP contribution in [0.25, 0.3) is 10.9 Å². The molecule has 0 spiro atoms. The monoisotopic (exact) mass is 376 g/mol. The number of rotatable bonds is 6. The third-order valence-corrected chi connectivity index (χ3v) is 5.17. The molecule has 6 nitrogen and oxygen atoms in total. The Bertz CT molecular complexity index is 1020. The van der Waals surface area contributed by atoms with Gasteiger partial charge in [0.05, 0.1) is 11.7 Å². The van der Waals surface area contributed by atoms with Gasteiger partial charge in [0.25, 0.3) is 0 Å². The van der Waals surface area contributed by atoms with Crippen LogP contribution < -0.4 is 10.7 Å². The van der Waals surface area contributed by atoms with Gasteiger partial charge in [0.15, 0.2) is 0 Å². The summed E-state index contributed by atoms with van der Waals surface area (Å²) in [5.74, 6) is -0.137. The highest BCUT2D eigenvalue weighted by Gasteiger charge is 2.12. The van der Waals surface area contributed by atoms with E-state index in [4.69, 9.17) is 0 Å². The third kappa shape index (κ3) is 4.28. The van der Waals surface area contributed by atoms with Crippen molar-refractivity contribution in [2.75, 3.05) is 13.1 Å². The van der Waals surface area contributed by atoms with Crippen LogP contribution in [-0.4, -0.2) is 33.7 Å². The second-order valence-electron chi connectivity index (χ2n) is 7.26. The molecule has 6 heteroatoms. The van der Waals surface area contributed by atoms with Gasteiger partial charge in [0.1, 0.15) is 6.54 Å². The number of carbonyl (C=O) groups is 1. The Morgan fingerprint density at radius 2 is 1.71 bits per heavy atom. The lowest BCUT2D eigenvalue weighted by Crippen LogP contribution is -2.28. The summed E-state index contributed by atoms with van der Waals surface area (Å²) >= 11 is 0.